The van der Waals surface area contributed by atoms with E-state index in [0.29, 0.717) is 30.8 Å². The second-order valence-electron chi connectivity index (χ2n) is 8.28. The summed E-state index contributed by atoms with van der Waals surface area (Å²) in [6, 6.07) is 0.391. The fraction of sp³-hybridized carbons (Fsp3) is 0.895. The minimum Gasteiger partial charge on any atom is -0.342 e. The van der Waals surface area contributed by atoms with Crippen molar-refractivity contribution < 1.29 is 9.59 Å². The molecular weight excluding hydrogens is 288 g/mol. The van der Waals surface area contributed by atoms with Gasteiger partial charge in [0.1, 0.15) is 0 Å². The third kappa shape index (κ3) is 3.89. The Bertz CT molecular complexity index is 433. The summed E-state index contributed by atoms with van der Waals surface area (Å²) in [6.45, 7) is 6.87. The van der Waals surface area contributed by atoms with E-state index < -0.39 is 0 Å². The maximum absolute atomic E-state index is 12.9. The average Bonchev–Trinajstić information content (AvgIpc) is 2.72. The highest BCUT2D eigenvalue weighted by atomic mass is 16.2. The summed E-state index contributed by atoms with van der Waals surface area (Å²) in [4.78, 5) is 29.4. The summed E-state index contributed by atoms with van der Waals surface area (Å²) in [6.07, 6.45) is 8.96. The molecule has 23 heavy (non-hydrogen) atoms. The molecule has 0 aromatic carbocycles. The first-order valence-corrected chi connectivity index (χ1v) is 9.63. The molecule has 1 saturated carbocycles. The molecule has 2 heterocycles. The van der Waals surface area contributed by atoms with Gasteiger partial charge in [0.05, 0.1) is 5.92 Å². The van der Waals surface area contributed by atoms with Gasteiger partial charge in [-0.05, 0) is 31.1 Å². The molecule has 0 radical (unpaired) electrons. The van der Waals surface area contributed by atoms with Gasteiger partial charge in [-0.2, -0.15) is 0 Å². The highest BCUT2D eigenvalue weighted by Gasteiger charge is 2.40. The van der Waals surface area contributed by atoms with Crippen molar-refractivity contribution in [2.45, 2.75) is 71.3 Å². The zero-order chi connectivity index (χ0) is 16.4. The molecule has 0 unspecified atom stereocenters. The smallest absolute Gasteiger partial charge is 0.228 e. The van der Waals surface area contributed by atoms with Crippen molar-refractivity contribution >= 4 is 11.8 Å². The number of carbonyl (C=O) groups excluding carboxylic acids is 2. The number of nitrogens with zero attached hydrogens (tertiary/aromatic N) is 2. The van der Waals surface area contributed by atoms with E-state index in [2.05, 4.69) is 13.8 Å². The zero-order valence-corrected chi connectivity index (χ0v) is 14.8. The Morgan fingerprint density at radius 3 is 2.17 bits per heavy atom. The van der Waals surface area contributed by atoms with Crippen LogP contribution in [0.2, 0.25) is 0 Å². The van der Waals surface area contributed by atoms with E-state index >= 15 is 0 Å². The fourth-order valence-corrected chi connectivity index (χ4v) is 4.92. The number of rotatable bonds is 2. The third-order valence-corrected chi connectivity index (χ3v) is 5.95. The first kappa shape index (κ1) is 16.8. The molecule has 3 fully saturated rings. The van der Waals surface area contributed by atoms with Crippen LogP contribution in [0.5, 0.6) is 0 Å². The lowest BCUT2D eigenvalue weighted by molar-refractivity contribution is -0.138. The van der Waals surface area contributed by atoms with E-state index in [4.69, 9.17) is 0 Å². The number of hydrogen-bond acceptors (Lipinski definition) is 2. The van der Waals surface area contributed by atoms with Crippen LogP contribution in [-0.2, 0) is 9.59 Å². The van der Waals surface area contributed by atoms with Gasteiger partial charge < -0.3 is 9.80 Å². The van der Waals surface area contributed by atoms with Crippen molar-refractivity contribution in [3.63, 3.8) is 0 Å². The van der Waals surface area contributed by atoms with Crippen molar-refractivity contribution in [1.82, 2.24) is 9.80 Å². The fourth-order valence-electron chi connectivity index (χ4n) is 4.92. The van der Waals surface area contributed by atoms with E-state index in [9.17, 15) is 9.59 Å². The molecule has 3 aliphatic rings. The van der Waals surface area contributed by atoms with Crippen molar-refractivity contribution in [2.75, 3.05) is 19.6 Å². The minimum absolute atomic E-state index is 0.0942. The standard InChI is InChI=1S/C19H32N2O2/c1-14-9-15(2)12-20(11-14)19(23)16-10-18(22)21(13-16)17-7-5-3-4-6-8-17/h14-17H,3-13H2,1-2H3/t14-,15+,16-/m1/s1. The minimum atomic E-state index is -0.0942. The van der Waals surface area contributed by atoms with E-state index in [1.165, 1.54) is 32.1 Å². The van der Waals surface area contributed by atoms with Gasteiger partial charge in [-0.15, -0.1) is 0 Å². The summed E-state index contributed by atoms with van der Waals surface area (Å²) in [7, 11) is 0. The van der Waals surface area contributed by atoms with Gasteiger partial charge in [-0.25, -0.2) is 0 Å². The zero-order valence-electron chi connectivity index (χ0n) is 14.8. The Balaban J connectivity index is 1.61. The molecule has 4 nitrogen and oxygen atoms in total. The quantitative estimate of drug-likeness (QED) is 0.734. The number of piperidine rings is 1. The maximum Gasteiger partial charge on any atom is 0.228 e. The monoisotopic (exact) mass is 320 g/mol. The Labute approximate surface area is 140 Å². The van der Waals surface area contributed by atoms with Crippen LogP contribution >= 0.6 is 0 Å². The summed E-state index contributed by atoms with van der Waals surface area (Å²) >= 11 is 0. The van der Waals surface area contributed by atoms with E-state index in [-0.39, 0.29) is 17.7 Å². The molecule has 2 amide bonds. The van der Waals surface area contributed by atoms with Crippen LogP contribution in [-0.4, -0.2) is 47.3 Å². The Morgan fingerprint density at radius 1 is 0.957 bits per heavy atom. The van der Waals surface area contributed by atoms with Crippen LogP contribution in [0.25, 0.3) is 0 Å². The van der Waals surface area contributed by atoms with Crippen LogP contribution in [0.15, 0.2) is 0 Å². The van der Waals surface area contributed by atoms with Gasteiger partial charge in [0.15, 0.2) is 0 Å². The molecule has 130 valence electrons. The second-order valence-corrected chi connectivity index (χ2v) is 8.28. The molecule has 0 bridgehead atoms. The molecular formula is C19H32N2O2. The summed E-state index contributed by atoms with van der Waals surface area (Å²) in [5.74, 6) is 1.51. The molecule has 3 rings (SSSR count). The highest BCUT2D eigenvalue weighted by Crippen LogP contribution is 2.30. The molecule has 2 aliphatic heterocycles. The Morgan fingerprint density at radius 2 is 1.57 bits per heavy atom. The lowest BCUT2D eigenvalue weighted by Gasteiger charge is -2.36. The van der Waals surface area contributed by atoms with Gasteiger partial charge in [0.2, 0.25) is 11.8 Å². The highest BCUT2D eigenvalue weighted by molar-refractivity contribution is 5.89. The second kappa shape index (κ2) is 7.23. The lowest BCUT2D eigenvalue weighted by atomic mass is 9.91. The van der Waals surface area contributed by atoms with Gasteiger partial charge in [0.25, 0.3) is 0 Å². The number of hydrogen-bond donors (Lipinski definition) is 0. The molecule has 2 saturated heterocycles. The normalized spacial score (nSPS) is 33.8. The molecule has 1 aliphatic carbocycles. The molecule has 0 aromatic rings. The van der Waals surface area contributed by atoms with E-state index in [1.807, 2.05) is 9.80 Å². The van der Waals surface area contributed by atoms with Gasteiger partial charge in [-0.1, -0.05) is 39.5 Å². The van der Waals surface area contributed by atoms with Gasteiger partial charge in [0, 0.05) is 32.1 Å². The SMILES string of the molecule is C[C@@H]1C[C@H](C)CN(C(=O)[C@@H]2CC(=O)N(C3CCCCCC3)C2)C1. The first-order valence-electron chi connectivity index (χ1n) is 9.63. The van der Waals surface area contributed by atoms with Crippen LogP contribution < -0.4 is 0 Å². The largest absolute Gasteiger partial charge is 0.342 e. The molecule has 0 spiro atoms. The molecule has 3 atom stereocenters. The summed E-state index contributed by atoms with van der Waals surface area (Å²) < 4.78 is 0. The van der Waals surface area contributed by atoms with E-state index in [1.54, 1.807) is 0 Å². The lowest BCUT2D eigenvalue weighted by Crippen LogP contribution is -2.46. The van der Waals surface area contributed by atoms with Gasteiger partial charge >= 0.3 is 0 Å². The summed E-state index contributed by atoms with van der Waals surface area (Å²) in [5.41, 5.74) is 0. The van der Waals surface area contributed by atoms with Crippen molar-refractivity contribution in [3.05, 3.63) is 0 Å². The predicted octanol–water partition coefficient (Wildman–Crippen LogP) is 3.06. The topological polar surface area (TPSA) is 40.6 Å². The predicted molar refractivity (Wildman–Crippen MR) is 90.8 cm³/mol. The van der Waals surface area contributed by atoms with Crippen LogP contribution in [0.1, 0.15) is 65.2 Å². The molecule has 0 aromatic heterocycles. The van der Waals surface area contributed by atoms with Gasteiger partial charge in [-0.3, -0.25) is 9.59 Å². The number of likely N-dealkylation sites (tertiary alicyclic amines) is 2. The number of carbonyl (C=O) groups is 2. The molecule has 0 N–H and O–H groups in total. The van der Waals surface area contributed by atoms with Crippen LogP contribution in [0.3, 0.4) is 0 Å². The van der Waals surface area contributed by atoms with Crippen LogP contribution in [0.4, 0.5) is 0 Å². The Kier molecular flexibility index (Phi) is 5.27. The summed E-state index contributed by atoms with van der Waals surface area (Å²) in [5, 5.41) is 0. The van der Waals surface area contributed by atoms with Crippen molar-refractivity contribution in [1.29, 1.82) is 0 Å². The third-order valence-electron chi connectivity index (χ3n) is 5.95. The average molecular weight is 320 g/mol. The Hall–Kier alpha value is -1.06. The van der Waals surface area contributed by atoms with Crippen molar-refractivity contribution in [2.24, 2.45) is 17.8 Å². The van der Waals surface area contributed by atoms with E-state index in [0.717, 1.165) is 25.9 Å². The maximum atomic E-state index is 12.9. The van der Waals surface area contributed by atoms with Crippen molar-refractivity contribution in [3.8, 4) is 0 Å². The number of amides is 2. The van der Waals surface area contributed by atoms with Crippen LogP contribution in [0, 0.1) is 17.8 Å². The molecule has 4 heteroatoms. The first-order chi connectivity index (χ1) is 11.0.